The highest BCUT2D eigenvalue weighted by molar-refractivity contribution is 5.30. The Morgan fingerprint density at radius 2 is 2.28 bits per heavy atom. The van der Waals surface area contributed by atoms with E-state index in [2.05, 4.69) is 6.92 Å². The SMILES string of the molecule is COc1ccc(CC2(N)CCCC(C)C2)cc1F. The molecular weight excluding hydrogens is 229 g/mol. The van der Waals surface area contributed by atoms with E-state index in [1.54, 1.807) is 12.1 Å². The second-order valence-electron chi connectivity index (χ2n) is 5.71. The molecule has 1 aliphatic carbocycles. The first-order chi connectivity index (χ1) is 8.52. The van der Waals surface area contributed by atoms with Crippen molar-refractivity contribution in [1.29, 1.82) is 0 Å². The number of ether oxygens (including phenoxy) is 1. The zero-order chi connectivity index (χ0) is 13.2. The van der Waals surface area contributed by atoms with Gasteiger partial charge in [-0.05, 0) is 42.9 Å². The van der Waals surface area contributed by atoms with Crippen LogP contribution in [0.3, 0.4) is 0 Å². The molecule has 18 heavy (non-hydrogen) atoms. The van der Waals surface area contributed by atoms with Crippen molar-refractivity contribution in [1.82, 2.24) is 0 Å². The maximum absolute atomic E-state index is 13.6. The van der Waals surface area contributed by atoms with Gasteiger partial charge in [0.05, 0.1) is 7.11 Å². The highest BCUT2D eigenvalue weighted by atomic mass is 19.1. The fraction of sp³-hybridized carbons (Fsp3) is 0.600. The Bertz CT molecular complexity index is 421. The number of methoxy groups -OCH3 is 1. The number of hydrogen-bond donors (Lipinski definition) is 1. The van der Waals surface area contributed by atoms with E-state index in [1.807, 2.05) is 6.07 Å². The van der Waals surface area contributed by atoms with Crippen molar-refractivity contribution in [2.75, 3.05) is 7.11 Å². The third-order valence-electron chi connectivity index (χ3n) is 3.90. The Kier molecular flexibility index (Phi) is 3.91. The number of rotatable bonds is 3. The zero-order valence-electron chi connectivity index (χ0n) is 11.2. The standard InChI is InChI=1S/C15H22FNO/c1-11-4-3-7-15(17,9-11)10-12-5-6-14(18-2)13(16)8-12/h5-6,8,11H,3-4,7,9-10,17H2,1-2H3. The maximum atomic E-state index is 13.6. The van der Waals surface area contributed by atoms with Crippen LogP contribution in [-0.4, -0.2) is 12.6 Å². The minimum atomic E-state index is -0.303. The Morgan fingerprint density at radius 1 is 1.50 bits per heavy atom. The minimum absolute atomic E-state index is 0.168. The topological polar surface area (TPSA) is 35.2 Å². The number of benzene rings is 1. The van der Waals surface area contributed by atoms with Gasteiger partial charge in [0, 0.05) is 5.54 Å². The summed E-state index contributed by atoms with van der Waals surface area (Å²) < 4.78 is 18.6. The van der Waals surface area contributed by atoms with Crippen molar-refractivity contribution < 1.29 is 9.13 Å². The van der Waals surface area contributed by atoms with Gasteiger partial charge in [0.1, 0.15) is 0 Å². The fourth-order valence-corrected chi connectivity index (χ4v) is 3.09. The molecule has 2 atom stereocenters. The third kappa shape index (κ3) is 3.02. The van der Waals surface area contributed by atoms with Crippen LogP contribution < -0.4 is 10.5 Å². The van der Waals surface area contributed by atoms with Gasteiger partial charge >= 0.3 is 0 Å². The van der Waals surface area contributed by atoms with Crippen LogP contribution in [-0.2, 0) is 6.42 Å². The molecule has 0 heterocycles. The molecule has 0 saturated heterocycles. The molecule has 3 heteroatoms. The van der Waals surface area contributed by atoms with E-state index in [0.29, 0.717) is 11.7 Å². The average molecular weight is 251 g/mol. The summed E-state index contributed by atoms with van der Waals surface area (Å²) in [7, 11) is 1.48. The molecule has 1 saturated carbocycles. The van der Waals surface area contributed by atoms with Crippen LogP contribution in [0.15, 0.2) is 18.2 Å². The summed E-state index contributed by atoms with van der Waals surface area (Å²) in [5, 5.41) is 0. The van der Waals surface area contributed by atoms with Gasteiger partial charge in [-0.1, -0.05) is 25.8 Å². The molecule has 0 aromatic heterocycles. The highest BCUT2D eigenvalue weighted by Gasteiger charge is 2.31. The molecule has 1 aromatic carbocycles. The molecule has 1 aliphatic rings. The lowest BCUT2D eigenvalue weighted by Crippen LogP contribution is -2.45. The van der Waals surface area contributed by atoms with Crippen LogP contribution in [0, 0.1) is 11.7 Å². The van der Waals surface area contributed by atoms with Crippen molar-refractivity contribution in [2.24, 2.45) is 11.7 Å². The molecule has 0 amide bonds. The number of nitrogens with two attached hydrogens (primary N) is 1. The normalized spacial score (nSPS) is 28.1. The second kappa shape index (κ2) is 5.27. The largest absolute Gasteiger partial charge is 0.494 e. The first-order valence-electron chi connectivity index (χ1n) is 6.64. The molecular formula is C15H22FNO. The smallest absolute Gasteiger partial charge is 0.165 e. The van der Waals surface area contributed by atoms with Gasteiger partial charge in [0.25, 0.3) is 0 Å². The summed E-state index contributed by atoms with van der Waals surface area (Å²) in [4.78, 5) is 0. The van der Waals surface area contributed by atoms with Gasteiger partial charge in [-0.15, -0.1) is 0 Å². The van der Waals surface area contributed by atoms with E-state index in [9.17, 15) is 4.39 Å². The minimum Gasteiger partial charge on any atom is -0.494 e. The van der Waals surface area contributed by atoms with E-state index in [1.165, 1.54) is 20.0 Å². The van der Waals surface area contributed by atoms with Crippen molar-refractivity contribution in [3.63, 3.8) is 0 Å². The predicted octanol–water partition coefficient (Wildman–Crippen LogP) is 3.28. The zero-order valence-corrected chi connectivity index (χ0v) is 11.2. The lowest BCUT2D eigenvalue weighted by molar-refractivity contribution is 0.235. The molecule has 2 N–H and O–H groups in total. The van der Waals surface area contributed by atoms with Crippen molar-refractivity contribution >= 4 is 0 Å². The fourth-order valence-electron chi connectivity index (χ4n) is 3.09. The molecule has 2 unspecified atom stereocenters. The lowest BCUT2D eigenvalue weighted by Gasteiger charge is -2.37. The van der Waals surface area contributed by atoms with Crippen LogP contribution in [0.1, 0.15) is 38.2 Å². The predicted molar refractivity (Wildman–Crippen MR) is 71.2 cm³/mol. The van der Waals surface area contributed by atoms with Crippen LogP contribution in [0.25, 0.3) is 0 Å². The molecule has 1 fully saturated rings. The van der Waals surface area contributed by atoms with Crippen LogP contribution >= 0.6 is 0 Å². The molecule has 100 valence electrons. The van der Waals surface area contributed by atoms with Gasteiger partial charge in [0.15, 0.2) is 11.6 Å². The van der Waals surface area contributed by atoms with E-state index >= 15 is 0 Å². The van der Waals surface area contributed by atoms with Crippen molar-refractivity contribution in [3.8, 4) is 5.75 Å². The summed E-state index contributed by atoms with van der Waals surface area (Å²) in [5.74, 6) is 0.663. The van der Waals surface area contributed by atoms with Crippen molar-refractivity contribution in [2.45, 2.75) is 44.6 Å². The van der Waals surface area contributed by atoms with Gasteiger partial charge in [-0.25, -0.2) is 4.39 Å². The van der Waals surface area contributed by atoms with Crippen LogP contribution in [0.4, 0.5) is 4.39 Å². The van der Waals surface area contributed by atoms with E-state index in [-0.39, 0.29) is 11.4 Å². The lowest BCUT2D eigenvalue weighted by atomic mass is 9.74. The summed E-state index contributed by atoms with van der Waals surface area (Å²) in [6.45, 7) is 2.25. The molecule has 2 rings (SSSR count). The van der Waals surface area contributed by atoms with Gasteiger partial charge in [0.2, 0.25) is 0 Å². The van der Waals surface area contributed by atoms with Crippen LogP contribution in [0.2, 0.25) is 0 Å². The first-order valence-corrected chi connectivity index (χ1v) is 6.64. The maximum Gasteiger partial charge on any atom is 0.165 e. The molecule has 2 nitrogen and oxygen atoms in total. The summed E-state index contributed by atoms with van der Waals surface area (Å²) >= 11 is 0. The number of halogens is 1. The molecule has 1 aromatic rings. The molecule has 0 aliphatic heterocycles. The molecule has 0 spiro atoms. The van der Waals surface area contributed by atoms with E-state index in [4.69, 9.17) is 10.5 Å². The monoisotopic (exact) mass is 251 g/mol. The molecule has 0 bridgehead atoms. The Morgan fingerprint density at radius 3 is 2.89 bits per heavy atom. The highest BCUT2D eigenvalue weighted by Crippen LogP contribution is 2.33. The first kappa shape index (κ1) is 13.3. The van der Waals surface area contributed by atoms with Gasteiger partial charge in [-0.3, -0.25) is 0 Å². The van der Waals surface area contributed by atoms with Crippen molar-refractivity contribution in [3.05, 3.63) is 29.6 Å². The summed E-state index contributed by atoms with van der Waals surface area (Å²) in [5.41, 5.74) is 7.24. The van der Waals surface area contributed by atoms with Gasteiger partial charge in [-0.2, -0.15) is 0 Å². The van der Waals surface area contributed by atoms with E-state index in [0.717, 1.165) is 24.8 Å². The Labute approximate surface area is 108 Å². The summed E-state index contributed by atoms with van der Waals surface area (Å²) in [6, 6.07) is 5.14. The average Bonchev–Trinajstić information content (AvgIpc) is 2.28. The Hall–Kier alpha value is -1.09. The quantitative estimate of drug-likeness (QED) is 0.894. The van der Waals surface area contributed by atoms with Gasteiger partial charge < -0.3 is 10.5 Å². The summed E-state index contributed by atoms with van der Waals surface area (Å²) in [6.07, 6.45) is 5.25. The van der Waals surface area contributed by atoms with E-state index < -0.39 is 0 Å². The molecule has 0 radical (unpaired) electrons. The Balaban J connectivity index is 2.11. The number of hydrogen-bond acceptors (Lipinski definition) is 2. The third-order valence-corrected chi connectivity index (χ3v) is 3.90. The van der Waals surface area contributed by atoms with Crippen LogP contribution in [0.5, 0.6) is 5.75 Å². The second-order valence-corrected chi connectivity index (χ2v) is 5.71.